The Kier molecular flexibility index (Phi) is 3.31. The molecule has 0 saturated heterocycles. The first-order valence-corrected chi connectivity index (χ1v) is 4.26. The predicted molar refractivity (Wildman–Crippen MR) is 50.3 cm³/mol. The number of carbonyl (C=O) groups excluding carboxylic acids is 1. The van der Waals surface area contributed by atoms with Crippen LogP contribution in [-0.2, 0) is 4.79 Å². The molecular weight excluding hydrogens is 166 g/mol. The lowest BCUT2D eigenvalue weighted by atomic mass is 10.1. The van der Waals surface area contributed by atoms with Gasteiger partial charge in [-0.3, -0.25) is 4.79 Å². The lowest BCUT2D eigenvalue weighted by Crippen LogP contribution is -2.18. The summed E-state index contributed by atoms with van der Waals surface area (Å²) in [7, 11) is 0. The van der Waals surface area contributed by atoms with Gasteiger partial charge in [0.15, 0.2) is 0 Å². The molecule has 0 radical (unpaired) electrons. The van der Waals surface area contributed by atoms with Crippen LogP contribution in [0.1, 0.15) is 24.9 Å². The van der Waals surface area contributed by atoms with Crippen LogP contribution in [0.5, 0.6) is 5.75 Å². The van der Waals surface area contributed by atoms with Gasteiger partial charge in [-0.05, 0) is 24.1 Å². The molecule has 1 amide bonds. The molecule has 13 heavy (non-hydrogen) atoms. The van der Waals surface area contributed by atoms with Crippen molar-refractivity contribution in [3.05, 3.63) is 29.8 Å². The summed E-state index contributed by atoms with van der Waals surface area (Å²) in [6.45, 7) is 1.99. The fraction of sp³-hybridized carbons (Fsp3) is 0.300. The molecule has 1 rings (SSSR count). The van der Waals surface area contributed by atoms with Gasteiger partial charge in [0.05, 0.1) is 6.04 Å². The maximum atomic E-state index is 10.3. The second-order valence-electron chi connectivity index (χ2n) is 2.84. The Morgan fingerprint density at radius 3 is 2.54 bits per heavy atom. The SMILES string of the molecule is CC[C@@H](NC=O)c1ccc(O)cc1. The highest BCUT2D eigenvalue weighted by molar-refractivity contribution is 5.47. The summed E-state index contributed by atoms with van der Waals surface area (Å²) in [6, 6.07) is 6.88. The Morgan fingerprint density at radius 2 is 2.08 bits per heavy atom. The molecule has 3 nitrogen and oxygen atoms in total. The standard InChI is InChI=1S/C10H13NO2/c1-2-10(11-7-12)8-3-5-9(13)6-4-8/h3-7,10,13H,2H2,1H3,(H,11,12)/t10-/m1/s1. The average molecular weight is 179 g/mol. The summed E-state index contributed by atoms with van der Waals surface area (Å²) in [5, 5.41) is 11.8. The topological polar surface area (TPSA) is 49.3 Å². The molecule has 1 atom stereocenters. The van der Waals surface area contributed by atoms with Crippen LogP contribution in [0.15, 0.2) is 24.3 Å². The van der Waals surface area contributed by atoms with Gasteiger partial charge in [0.2, 0.25) is 6.41 Å². The van der Waals surface area contributed by atoms with Crippen LogP contribution >= 0.6 is 0 Å². The fourth-order valence-electron chi connectivity index (χ4n) is 1.24. The maximum absolute atomic E-state index is 10.3. The van der Waals surface area contributed by atoms with Gasteiger partial charge in [-0.1, -0.05) is 19.1 Å². The zero-order chi connectivity index (χ0) is 9.68. The van der Waals surface area contributed by atoms with E-state index in [1.807, 2.05) is 6.92 Å². The minimum absolute atomic E-state index is 0.0399. The van der Waals surface area contributed by atoms with E-state index in [1.54, 1.807) is 24.3 Å². The Balaban J connectivity index is 2.78. The fourth-order valence-corrected chi connectivity index (χ4v) is 1.24. The molecule has 1 aromatic carbocycles. The molecule has 0 heterocycles. The molecule has 0 aliphatic rings. The molecule has 2 N–H and O–H groups in total. The van der Waals surface area contributed by atoms with E-state index in [0.717, 1.165) is 12.0 Å². The van der Waals surface area contributed by atoms with Crippen molar-refractivity contribution in [3.63, 3.8) is 0 Å². The molecule has 0 fully saturated rings. The van der Waals surface area contributed by atoms with Crippen LogP contribution in [0, 0.1) is 0 Å². The molecule has 70 valence electrons. The third kappa shape index (κ3) is 2.47. The van der Waals surface area contributed by atoms with E-state index in [1.165, 1.54) is 0 Å². The van der Waals surface area contributed by atoms with Crippen molar-refractivity contribution < 1.29 is 9.90 Å². The highest BCUT2D eigenvalue weighted by Gasteiger charge is 2.06. The minimum atomic E-state index is 0.0399. The van der Waals surface area contributed by atoms with Crippen LogP contribution in [0.2, 0.25) is 0 Å². The first kappa shape index (κ1) is 9.58. The van der Waals surface area contributed by atoms with Gasteiger partial charge in [0.25, 0.3) is 0 Å². The summed E-state index contributed by atoms with van der Waals surface area (Å²) < 4.78 is 0. The van der Waals surface area contributed by atoms with E-state index in [4.69, 9.17) is 5.11 Å². The number of carbonyl (C=O) groups is 1. The van der Waals surface area contributed by atoms with Gasteiger partial charge < -0.3 is 10.4 Å². The summed E-state index contributed by atoms with van der Waals surface area (Å²) in [5.74, 6) is 0.240. The number of hydrogen-bond donors (Lipinski definition) is 2. The average Bonchev–Trinajstić information content (AvgIpc) is 2.16. The molecule has 0 aliphatic carbocycles. The van der Waals surface area contributed by atoms with Gasteiger partial charge >= 0.3 is 0 Å². The van der Waals surface area contributed by atoms with Crippen molar-refractivity contribution in [2.75, 3.05) is 0 Å². The number of benzene rings is 1. The normalized spacial score (nSPS) is 12.1. The van der Waals surface area contributed by atoms with Crippen molar-refractivity contribution in [2.45, 2.75) is 19.4 Å². The third-order valence-corrected chi connectivity index (χ3v) is 1.97. The first-order valence-electron chi connectivity index (χ1n) is 4.26. The highest BCUT2D eigenvalue weighted by Crippen LogP contribution is 2.18. The van der Waals surface area contributed by atoms with Gasteiger partial charge in [0, 0.05) is 0 Å². The Morgan fingerprint density at radius 1 is 1.46 bits per heavy atom. The van der Waals surface area contributed by atoms with Crippen molar-refractivity contribution in [1.82, 2.24) is 5.32 Å². The van der Waals surface area contributed by atoms with Crippen LogP contribution in [0.25, 0.3) is 0 Å². The van der Waals surface area contributed by atoms with Crippen molar-refractivity contribution in [2.24, 2.45) is 0 Å². The van der Waals surface area contributed by atoms with E-state index in [2.05, 4.69) is 5.32 Å². The number of aromatic hydroxyl groups is 1. The second kappa shape index (κ2) is 4.50. The van der Waals surface area contributed by atoms with Gasteiger partial charge in [-0.25, -0.2) is 0 Å². The quantitative estimate of drug-likeness (QED) is 0.689. The van der Waals surface area contributed by atoms with E-state index >= 15 is 0 Å². The molecule has 0 bridgehead atoms. The zero-order valence-electron chi connectivity index (χ0n) is 7.53. The Hall–Kier alpha value is -1.51. The molecular formula is C10H13NO2. The van der Waals surface area contributed by atoms with Gasteiger partial charge in [-0.2, -0.15) is 0 Å². The number of amides is 1. The first-order chi connectivity index (χ1) is 6.27. The van der Waals surface area contributed by atoms with Crippen LogP contribution in [0.3, 0.4) is 0 Å². The van der Waals surface area contributed by atoms with Gasteiger partial charge in [-0.15, -0.1) is 0 Å². The van der Waals surface area contributed by atoms with Crippen LogP contribution in [-0.4, -0.2) is 11.5 Å². The minimum Gasteiger partial charge on any atom is -0.508 e. The van der Waals surface area contributed by atoms with Gasteiger partial charge in [0.1, 0.15) is 5.75 Å². The molecule has 1 aromatic rings. The lowest BCUT2D eigenvalue weighted by Gasteiger charge is -2.13. The molecule has 0 unspecified atom stereocenters. The number of rotatable bonds is 4. The molecule has 0 aliphatic heterocycles. The number of hydrogen-bond acceptors (Lipinski definition) is 2. The number of phenols is 1. The van der Waals surface area contributed by atoms with Crippen molar-refractivity contribution in [1.29, 1.82) is 0 Å². The highest BCUT2D eigenvalue weighted by atomic mass is 16.3. The monoisotopic (exact) mass is 179 g/mol. The summed E-state index contributed by atoms with van der Waals surface area (Å²) in [5.41, 5.74) is 1.01. The van der Waals surface area contributed by atoms with Crippen molar-refractivity contribution >= 4 is 6.41 Å². The maximum Gasteiger partial charge on any atom is 0.207 e. The summed E-state index contributed by atoms with van der Waals surface area (Å²) in [4.78, 5) is 10.3. The molecule has 3 heteroatoms. The summed E-state index contributed by atoms with van der Waals surface area (Å²) in [6.07, 6.45) is 1.53. The Bertz CT molecular complexity index is 269. The lowest BCUT2D eigenvalue weighted by molar-refractivity contribution is -0.110. The Labute approximate surface area is 77.4 Å². The van der Waals surface area contributed by atoms with E-state index < -0.39 is 0 Å². The molecule has 0 aromatic heterocycles. The smallest absolute Gasteiger partial charge is 0.207 e. The largest absolute Gasteiger partial charge is 0.508 e. The van der Waals surface area contributed by atoms with E-state index in [9.17, 15) is 4.79 Å². The van der Waals surface area contributed by atoms with Crippen LogP contribution in [0.4, 0.5) is 0 Å². The summed E-state index contributed by atoms with van der Waals surface area (Å²) >= 11 is 0. The van der Waals surface area contributed by atoms with Crippen LogP contribution < -0.4 is 5.32 Å². The second-order valence-corrected chi connectivity index (χ2v) is 2.84. The number of nitrogens with one attached hydrogen (secondary N) is 1. The number of phenolic OH excluding ortho intramolecular Hbond substituents is 1. The molecule has 0 spiro atoms. The predicted octanol–water partition coefficient (Wildman–Crippen LogP) is 1.59. The third-order valence-electron chi connectivity index (χ3n) is 1.97. The molecule has 0 saturated carbocycles. The zero-order valence-corrected chi connectivity index (χ0v) is 7.53. The van der Waals surface area contributed by atoms with Crippen molar-refractivity contribution in [3.8, 4) is 5.75 Å². The van der Waals surface area contributed by atoms with E-state index in [0.29, 0.717) is 6.41 Å². The van der Waals surface area contributed by atoms with E-state index in [-0.39, 0.29) is 11.8 Å².